The van der Waals surface area contributed by atoms with Gasteiger partial charge in [-0.2, -0.15) is 4.98 Å². The number of benzene rings is 1. The first-order chi connectivity index (χ1) is 12.2. The van der Waals surface area contributed by atoms with Gasteiger partial charge in [0, 0.05) is 32.2 Å². The van der Waals surface area contributed by atoms with Crippen molar-refractivity contribution in [3.05, 3.63) is 18.2 Å². The fraction of sp³-hybridized carbons (Fsp3) is 0.471. The van der Waals surface area contributed by atoms with Crippen molar-refractivity contribution in [2.45, 2.75) is 25.7 Å². The molecule has 25 heavy (non-hydrogen) atoms. The van der Waals surface area contributed by atoms with Gasteiger partial charge in [-0.25, -0.2) is 9.59 Å². The summed E-state index contributed by atoms with van der Waals surface area (Å²) in [6, 6.07) is 5.24. The minimum Gasteiger partial charge on any atom is -0.410 e. The number of aromatic nitrogens is 2. The molecule has 8 heteroatoms. The van der Waals surface area contributed by atoms with Gasteiger partial charge in [0.25, 0.3) is 0 Å². The number of nitrogens with one attached hydrogen (secondary N) is 1. The first-order valence-electron chi connectivity index (χ1n) is 8.62. The average Bonchev–Trinajstić information content (AvgIpc) is 3.35. The second-order valence-electron chi connectivity index (χ2n) is 6.35. The van der Waals surface area contributed by atoms with E-state index in [9.17, 15) is 9.59 Å². The van der Waals surface area contributed by atoms with Crippen LogP contribution in [0.4, 0.5) is 9.59 Å². The molecule has 2 aromatic rings. The van der Waals surface area contributed by atoms with E-state index in [2.05, 4.69) is 9.97 Å². The van der Waals surface area contributed by atoms with E-state index < -0.39 is 6.09 Å². The second kappa shape index (κ2) is 6.62. The molecule has 0 atom stereocenters. The molecule has 2 amide bonds. The van der Waals surface area contributed by atoms with Crippen LogP contribution in [-0.2, 0) is 0 Å². The van der Waals surface area contributed by atoms with Crippen molar-refractivity contribution in [2.24, 2.45) is 0 Å². The summed E-state index contributed by atoms with van der Waals surface area (Å²) in [5, 5.41) is 0. The summed E-state index contributed by atoms with van der Waals surface area (Å²) in [6.07, 6.45) is 3.30. The maximum Gasteiger partial charge on any atom is 0.417 e. The highest BCUT2D eigenvalue weighted by Gasteiger charge is 2.22. The first kappa shape index (κ1) is 15.7. The predicted molar refractivity (Wildman–Crippen MR) is 89.8 cm³/mol. The van der Waals surface area contributed by atoms with Crippen molar-refractivity contribution in [1.82, 2.24) is 19.8 Å². The van der Waals surface area contributed by atoms with Crippen molar-refractivity contribution in [3.8, 4) is 11.8 Å². The van der Waals surface area contributed by atoms with E-state index in [1.807, 2.05) is 0 Å². The predicted octanol–water partition coefficient (Wildman–Crippen LogP) is 2.75. The number of fused-ring (bicyclic) bond motifs is 1. The fourth-order valence-corrected chi connectivity index (χ4v) is 3.19. The topological polar surface area (TPSA) is 87.8 Å². The van der Waals surface area contributed by atoms with Gasteiger partial charge in [-0.3, -0.25) is 0 Å². The summed E-state index contributed by atoms with van der Waals surface area (Å²) in [7, 11) is 0. The van der Waals surface area contributed by atoms with Gasteiger partial charge in [0.15, 0.2) is 0 Å². The number of hydrogen-bond acceptors (Lipinski definition) is 5. The third kappa shape index (κ3) is 3.38. The summed E-state index contributed by atoms with van der Waals surface area (Å²) in [5.74, 6) is 0.436. The van der Waals surface area contributed by atoms with Crippen LogP contribution in [0.25, 0.3) is 11.0 Å². The van der Waals surface area contributed by atoms with Crippen molar-refractivity contribution >= 4 is 23.2 Å². The maximum absolute atomic E-state index is 12.1. The molecule has 0 radical (unpaired) electrons. The van der Waals surface area contributed by atoms with Crippen LogP contribution in [-0.4, -0.2) is 58.1 Å². The minimum absolute atomic E-state index is 0.148. The number of aromatic amines is 1. The molecule has 1 aromatic heterocycles. The van der Waals surface area contributed by atoms with Crippen molar-refractivity contribution < 1.29 is 19.1 Å². The van der Waals surface area contributed by atoms with Gasteiger partial charge in [-0.15, -0.1) is 0 Å². The van der Waals surface area contributed by atoms with Crippen LogP contribution in [0.3, 0.4) is 0 Å². The van der Waals surface area contributed by atoms with Crippen LogP contribution in [0.2, 0.25) is 0 Å². The Balaban J connectivity index is 1.45. The number of carbonyl (C=O) groups excluding carboxylic acids is 2. The molecule has 8 nitrogen and oxygen atoms in total. The third-order valence-electron chi connectivity index (χ3n) is 4.55. The highest BCUT2D eigenvalue weighted by Crippen LogP contribution is 2.23. The van der Waals surface area contributed by atoms with E-state index in [-0.39, 0.29) is 12.1 Å². The number of H-pyrrole nitrogens is 1. The zero-order chi connectivity index (χ0) is 17.2. The Hall–Kier alpha value is -2.77. The number of carbonyl (C=O) groups is 2. The number of rotatable bonds is 2. The van der Waals surface area contributed by atoms with E-state index in [0.717, 1.165) is 51.9 Å². The van der Waals surface area contributed by atoms with E-state index in [4.69, 9.17) is 9.47 Å². The largest absolute Gasteiger partial charge is 0.417 e. The van der Waals surface area contributed by atoms with Gasteiger partial charge in [0.1, 0.15) is 5.75 Å². The summed E-state index contributed by atoms with van der Waals surface area (Å²) < 4.78 is 10.7. The molecule has 0 aliphatic carbocycles. The highest BCUT2D eigenvalue weighted by atomic mass is 16.6. The van der Waals surface area contributed by atoms with Crippen molar-refractivity contribution in [1.29, 1.82) is 0 Å². The Labute approximate surface area is 144 Å². The molecule has 4 rings (SSSR count). The molecular formula is C17H20N4O4. The van der Waals surface area contributed by atoms with E-state index in [0.29, 0.717) is 16.8 Å². The Kier molecular flexibility index (Phi) is 4.17. The summed E-state index contributed by atoms with van der Waals surface area (Å²) in [4.78, 5) is 34.6. The Bertz CT molecular complexity index is 763. The van der Waals surface area contributed by atoms with E-state index >= 15 is 0 Å². The molecule has 1 N–H and O–H groups in total. The number of nitrogens with zero attached hydrogens (tertiary/aromatic N) is 3. The van der Waals surface area contributed by atoms with Gasteiger partial charge in [0.05, 0.1) is 11.0 Å². The van der Waals surface area contributed by atoms with Gasteiger partial charge < -0.3 is 24.3 Å². The lowest BCUT2D eigenvalue weighted by Crippen LogP contribution is -2.30. The molecule has 2 fully saturated rings. The van der Waals surface area contributed by atoms with Crippen molar-refractivity contribution in [3.63, 3.8) is 0 Å². The molecule has 0 saturated carbocycles. The van der Waals surface area contributed by atoms with E-state index in [1.165, 1.54) is 0 Å². The second-order valence-corrected chi connectivity index (χ2v) is 6.35. The molecule has 132 valence electrons. The molecule has 2 saturated heterocycles. The van der Waals surface area contributed by atoms with Crippen LogP contribution < -0.4 is 9.47 Å². The SMILES string of the molecule is O=C(Oc1ccc2nc(OC(=O)N3CCCC3)[nH]c2c1)N1CCCC1. The average molecular weight is 344 g/mol. The number of amides is 2. The van der Waals surface area contributed by atoms with Gasteiger partial charge in [-0.05, 0) is 37.8 Å². The van der Waals surface area contributed by atoms with E-state index in [1.54, 1.807) is 28.0 Å². The Morgan fingerprint density at radius 1 is 0.920 bits per heavy atom. The molecule has 1 aromatic carbocycles. The normalized spacial score (nSPS) is 17.3. The quantitative estimate of drug-likeness (QED) is 0.905. The minimum atomic E-state index is -0.391. The fourth-order valence-electron chi connectivity index (χ4n) is 3.19. The zero-order valence-corrected chi connectivity index (χ0v) is 13.9. The third-order valence-corrected chi connectivity index (χ3v) is 4.55. The molecule has 2 aliphatic heterocycles. The number of imidazole rings is 1. The number of ether oxygens (including phenoxy) is 2. The number of hydrogen-bond donors (Lipinski definition) is 1. The van der Waals surface area contributed by atoms with Crippen LogP contribution in [0.1, 0.15) is 25.7 Å². The van der Waals surface area contributed by atoms with Crippen LogP contribution >= 0.6 is 0 Å². The Morgan fingerprint density at radius 2 is 1.52 bits per heavy atom. The summed E-state index contributed by atoms with van der Waals surface area (Å²) in [6.45, 7) is 2.91. The standard InChI is InChI=1S/C17H20N4O4/c22-16(20-7-1-2-8-20)24-12-5-6-13-14(11-12)19-15(18-13)25-17(23)21-9-3-4-10-21/h5-6,11H,1-4,7-10H2,(H,18,19). The smallest absolute Gasteiger partial charge is 0.410 e. The van der Waals surface area contributed by atoms with Crippen LogP contribution in [0.15, 0.2) is 18.2 Å². The molecule has 3 heterocycles. The van der Waals surface area contributed by atoms with Crippen LogP contribution in [0.5, 0.6) is 11.8 Å². The maximum atomic E-state index is 12.1. The summed E-state index contributed by atoms with van der Waals surface area (Å²) >= 11 is 0. The van der Waals surface area contributed by atoms with Crippen molar-refractivity contribution in [2.75, 3.05) is 26.2 Å². The van der Waals surface area contributed by atoms with Crippen LogP contribution in [0, 0.1) is 0 Å². The molecule has 2 aliphatic rings. The molecule has 0 bridgehead atoms. The zero-order valence-electron chi connectivity index (χ0n) is 13.9. The summed E-state index contributed by atoms with van der Waals surface area (Å²) in [5.41, 5.74) is 1.29. The monoisotopic (exact) mass is 344 g/mol. The molecular weight excluding hydrogens is 324 g/mol. The first-order valence-corrected chi connectivity index (χ1v) is 8.62. The highest BCUT2D eigenvalue weighted by molar-refractivity contribution is 5.80. The van der Waals surface area contributed by atoms with Gasteiger partial charge in [-0.1, -0.05) is 0 Å². The molecule has 0 unspecified atom stereocenters. The number of likely N-dealkylation sites (tertiary alicyclic amines) is 2. The molecule has 0 spiro atoms. The van der Waals surface area contributed by atoms with Gasteiger partial charge in [0.2, 0.25) is 0 Å². The van der Waals surface area contributed by atoms with Gasteiger partial charge >= 0.3 is 18.2 Å². The lowest BCUT2D eigenvalue weighted by Gasteiger charge is -2.14. The lowest BCUT2D eigenvalue weighted by atomic mass is 10.3. The Morgan fingerprint density at radius 3 is 2.16 bits per heavy atom. The lowest BCUT2D eigenvalue weighted by molar-refractivity contribution is 0.159.